The Morgan fingerprint density at radius 1 is 1.29 bits per heavy atom. The number of allylic oxidation sites excluding steroid dienone is 3. The second-order valence-corrected chi connectivity index (χ2v) is 12.6. The number of hydrogen-bond donors (Lipinski definition) is 2. The summed E-state index contributed by atoms with van der Waals surface area (Å²) in [5.74, 6) is 1.46. The lowest BCUT2D eigenvalue weighted by atomic mass is 10.0. The molecular formula is C30H37N7O3S. The maximum absolute atomic E-state index is 13.6. The van der Waals surface area contributed by atoms with Crippen molar-refractivity contribution in [3.05, 3.63) is 58.1 Å². The van der Waals surface area contributed by atoms with Gasteiger partial charge in [0.25, 0.3) is 0 Å². The third kappa shape index (κ3) is 7.18. The molecule has 5 rings (SSSR count). The summed E-state index contributed by atoms with van der Waals surface area (Å²) in [7, 11) is 1.92. The molecule has 4 aliphatic rings. The van der Waals surface area contributed by atoms with Crippen molar-refractivity contribution in [1.82, 2.24) is 25.4 Å². The van der Waals surface area contributed by atoms with Crippen LogP contribution < -0.4 is 15.5 Å². The monoisotopic (exact) mass is 575 g/mol. The summed E-state index contributed by atoms with van der Waals surface area (Å²) < 4.78 is 0. The third-order valence-electron chi connectivity index (χ3n) is 7.71. The average Bonchev–Trinajstić information content (AvgIpc) is 3.79. The average molecular weight is 576 g/mol. The van der Waals surface area contributed by atoms with Gasteiger partial charge >= 0.3 is 6.03 Å². The number of aryl methyl sites for hydroxylation is 1. The maximum atomic E-state index is 13.6. The van der Waals surface area contributed by atoms with E-state index in [-0.39, 0.29) is 17.6 Å². The number of nitrogens with one attached hydrogen (secondary N) is 2. The molecule has 0 unspecified atom stereocenters. The minimum absolute atomic E-state index is 0.0247. The Balaban J connectivity index is 1.32. The fourth-order valence-electron chi connectivity index (χ4n) is 5.36. The van der Waals surface area contributed by atoms with Crippen LogP contribution in [0.2, 0.25) is 0 Å². The van der Waals surface area contributed by atoms with E-state index in [2.05, 4.69) is 28.3 Å². The minimum Gasteiger partial charge on any atom is -0.383 e. The van der Waals surface area contributed by atoms with Crippen LogP contribution in [0, 0.1) is 11.3 Å². The van der Waals surface area contributed by atoms with Crippen LogP contribution >= 0.6 is 11.8 Å². The topological polar surface area (TPSA) is 122 Å². The molecule has 10 nitrogen and oxygen atoms in total. The number of nitrogens with zero attached hydrogens (tertiary/aromatic N) is 5. The zero-order chi connectivity index (χ0) is 28.9. The molecule has 2 N–H and O–H groups in total. The van der Waals surface area contributed by atoms with E-state index in [0.717, 1.165) is 53.8 Å². The SMILES string of the molecule is C=C1CC(NC(=O)N2CCCc3cc(CN4CCN(C)CC4=O)c(C=O)nc32)=CC(NCCSC2CC2)=C(C#N)C1. The van der Waals surface area contributed by atoms with Crippen molar-refractivity contribution in [2.45, 2.75) is 50.3 Å². The summed E-state index contributed by atoms with van der Waals surface area (Å²) in [6.07, 6.45) is 7.51. The van der Waals surface area contributed by atoms with Gasteiger partial charge in [-0.2, -0.15) is 17.0 Å². The van der Waals surface area contributed by atoms with Gasteiger partial charge in [-0.3, -0.25) is 19.4 Å². The molecule has 41 heavy (non-hydrogen) atoms. The lowest BCUT2D eigenvalue weighted by molar-refractivity contribution is -0.136. The Hall–Kier alpha value is -3.62. The molecule has 0 bridgehead atoms. The second kappa shape index (κ2) is 12.9. The summed E-state index contributed by atoms with van der Waals surface area (Å²) in [5, 5.41) is 17.0. The Bertz CT molecular complexity index is 1340. The van der Waals surface area contributed by atoms with Crippen molar-refractivity contribution in [3.63, 3.8) is 0 Å². The van der Waals surface area contributed by atoms with E-state index in [0.29, 0.717) is 68.0 Å². The van der Waals surface area contributed by atoms with Crippen LogP contribution in [0.3, 0.4) is 0 Å². The van der Waals surface area contributed by atoms with Crippen LogP contribution in [0.4, 0.5) is 10.6 Å². The molecule has 0 atom stereocenters. The summed E-state index contributed by atoms with van der Waals surface area (Å²) in [4.78, 5) is 48.1. The van der Waals surface area contributed by atoms with E-state index in [1.807, 2.05) is 35.9 Å². The predicted molar refractivity (Wildman–Crippen MR) is 159 cm³/mol. The number of carbonyl (C=O) groups is 3. The van der Waals surface area contributed by atoms with Crippen LogP contribution in [0.5, 0.6) is 0 Å². The molecule has 216 valence electrons. The molecule has 2 fully saturated rings. The highest BCUT2D eigenvalue weighted by Crippen LogP contribution is 2.34. The number of aldehydes is 1. The van der Waals surface area contributed by atoms with Gasteiger partial charge < -0.3 is 15.5 Å². The first-order valence-electron chi connectivity index (χ1n) is 14.2. The van der Waals surface area contributed by atoms with Gasteiger partial charge in [-0.25, -0.2) is 9.78 Å². The smallest absolute Gasteiger partial charge is 0.327 e. The zero-order valence-electron chi connectivity index (χ0n) is 23.6. The van der Waals surface area contributed by atoms with Crippen molar-refractivity contribution in [2.75, 3.05) is 50.4 Å². The number of fused-ring (bicyclic) bond motifs is 1. The van der Waals surface area contributed by atoms with Crippen LogP contribution in [0.25, 0.3) is 0 Å². The fourth-order valence-corrected chi connectivity index (χ4v) is 6.38. The van der Waals surface area contributed by atoms with Gasteiger partial charge in [0.1, 0.15) is 11.5 Å². The second-order valence-electron chi connectivity index (χ2n) is 11.1. The van der Waals surface area contributed by atoms with Crippen LogP contribution in [0.15, 0.2) is 41.3 Å². The number of amides is 3. The van der Waals surface area contributed by atoms with Crippen LogP contribution in [-0.4, -0.2) is 83.8 Å². The third-order valence-corrected chi connectivity index (χ3v) is 9.09. The van der Waals surface area contributed by atoms with Gasteiger partial charge in [0, 0.05) is 73.5 Å². The molecule has 1 saturated heterocycles. The number of urea groups is 1. The number of pyridine rings is 1. The molecule has 0 spiro atoms. The Kier molecular flexibility index (Phi) is 9.10. The van der Waals surface area contributed by atoms with Crippen molar-refractivity contribution < 1.29 is 14.4 Å². The molecule has 11 heteroatoms. The highest BCUT2D eigenvalue weighted by Gasteiger charge is 2.29. The normalized spacial score (nSPS) is 19.8. The largest absolute Gasteiger partial charge is 0.383 e. The summed E-state index contributed by atoms with van der Waals surface area (Å²) in [6, 6.07) is 3.89. The molecule has 2 aliphatic carbocycles. The highest BCUT2D eigenvalue weighted by molar-refractivity contribution is 8.00. The van der Waals surface area contributed by atoms with Gasteiger partial charge in [-0.15, -0.1) is 0 Å². The predicted octanol–water partition coefficient (Wildman–Crippen LogP) is 3.13. The Labute approximate surface area is 245 Å². The van der Waals surface area contributed by atoms with E-state index < -0.39 is 0 Å². The Morgan fingerprint density at radius 2 is 2.12 bits per heavy atom. The number of nitriles is 1. The standard InChI is InChI=1S/C30H37N7O3S/c1-20-12-22(16-31)26(32-7-11-41-25-5-6-25)15-24(13-20)33-30(40)37-8-3-4-21-14-23(27(19-38)34-29(21)37)17-36-10-9-35(2)18-28(36)39/h14-15,19,25,32H,1,3-13,17-18H2,2H3,(H,33,40). The van der Waals surface area contributed by atoms with E-state index in [1.54, 1.807) is 9.80 Å². The van der Waals surface area contributed by atoms with E-state index >= 15 is 0 Å². The fraction of sp³-hybridized carbons (Fsp3) is 0.500. The molecule has 0 radical (unpaired) electrons. The minimum atomic E-state index is -0.333. The lowest BCUT2D eigenvalue weighted by Crippen LogP contribution is -2.48. The molecule has 1 saturated carbocycles. The van der Waals surface area contributed by atoms with Gasteiger partial charge in [0.2, 0.25) is 5.91 Å². The first-order chi connectivity index (χ1) is 19.8. The molecule has 1 aromatic heterocycles. The highest BCUT2D eigenvalue weighted by atomic mass is 32.2. The van der Waals surface area contributed by atoms with Crippen molar-refractivity contribution in [1.29, 1.82) is 5.26 Å². The number of hydrogen-bond acceptors (Lipinski definition) is 8. The summed E-state index contributed by atoms with van der Waals surface area (Å²) >= 11 is 1.95. The molecule has 0 aromatic carbocycles. The molecule has 3 amide bonds. The van der Waals surface area contributed by atoms with E-state index in [4.69, 9.17) is 0 Å². The van der Waals surface area contributed by atoms with E-state index in [1.165, 1.54) is 12.8 Å². The van der Waals surface area contributed by atoms with Gasteiger partial charge in [0.05, 0.1) is 18.2 Å². The number of rotatable bonds is 9. The lowest BCUT2D eigenvalue weighted by Gasteiger charge is -2.33. The van der Waals surface area contributed by atoms with Crippen molar-refractivity contribution >= 4 is 35.8 Å². The number of carbonyl (C=O) groups excluding carboxylic acids is 3. The maximum Gasteiger partial charge on any atom is 0.327 e. The first-order valence-corrected chi connectivity index (χ1v) is 15.3. The molecule has 1 aromatic rings. The number of piperazine rings is 1. The number of likely N-dealkylation sites (N-methyl/N-ethyl adjacent to an activating group) is 1. The van der Waals surface area contributed by atoms with Gasteiger partial charge in [-0.1, -0.05) is 12.2 Å². The molecule has 3 heterocycles. The van der Waals surface area contributed by atoms with Crippen LogP contribution in [0.1, 0.15) is 53.7 Å². The number of thioether (sulfide) groups is 1. The molecule has 2 aliphatic heterocycles. The first kappa shape index (κ1) is 28.9. The quantitative estimate of drug-likeness (QED) is 0.262. The van der Waals surface area contributed by atoms with Gasteiger partial charge in [0.15, 0.2) is 6.29 Å². The number of anilines is 1. The van der Waals surface area contributed by atoms with E-state index in [9.17, 15) is 19.6 Å². The van der Waals surface area contributed by atoms with Crippen molar-refractivity contribution in [2.24, 2.45) is 0 Å². The summed E-state index contributed by atoms with van der Waals surface area (Å²) in [6.45, 7) is 7.39. The van der Waals surface area contributed by atoms with Crippen molar-refractivity contribution in [3.8, 4) is 6.07 Å². The van der Waals surface area contributed by atoms with Gasteiger partial charge in [-0.05, 0) is 50.4 Å². The number of aromatic nitrogens is 1. The zero-order valence-corrected chi connectivity index (χ0v) is 24.4. The Morgan fingerprint density at radius 3 is 2.85 bits per heavy atom. The summed E-state index contributed by atoms with van der Waals surface area (Å²) in [5.41, 5.74) is 4.68. The van der Waals surface area contributed by atoms with Crippen LogP contribution in [-0.2, 0) is 17.8 Å². The molecular weight excluding hydrogens is 538 g/mol.